The first kappa shape index (κ1) is 36.0. The maximum atomic E-state index is 13.4. The number of hydrogen-bond donors (Lipinski definition) is 1. The second-order valence-corrected chi connectivity index (χ2v) is 17.1. The van der Waals surface area contributed by atoms with Gasteiger partial charge in [-0.05, 0) is 96.7 Å². The number of likely N-dealkylation sites (tertiary alicyclic amines) is 1. The average molecular weight is 671 g/mol. The number of esters is 1. The highest BCUT2D eigenvalue weighted by Crippen LogP contribution is 2.43. The zero-order valence-corrected chi connectivity index (χ0v) is 30.5. The van der Waals surface area contributed by atoms with Gasteiger partial charge in [-0.1, -0.05) is 44.5 Å². The molecule has 2 unspecified atom stereocenters. The zero-order chi connectivity index (χ0) is 33.9. The van der Waals surface area contributed by atoms with E-state index >= 15 is 0 Å². The number of rotatable bonds is 10. The van der Waals surface area contributed by atoms with E-state index in [1.165, 1.54) is 0 Å². The van der Waals surface area contributed by atoms with Gasteiger partial charge in [-0.25, -0.2) is 4.79 Å². The van der Waals surface area contributed by atoms with Crippen molar-refractivity contribution in [2.75, 3.05) is 13.2 Å². The molecule has 1 aliphatic rings. The lowest BCUT2D eigenvalue weighted by Crippen LogP contribution is -2.53. The van der Waals surface area contributed by atoms with Crippen molar-refractivity contribution in [2.45, 2.75) is 122 Å². The summed E-state index contributed by atoms with van der Waals surface area (Å²) in [6.07, 6.45) is 3.26. The molecule has 1 aromatic heterocycles. The zero-order valence-electron chi connectivity index (χ0n) is 28.9. The second kappa shape index (κ2) is 14.5. The maximum Gasteiger partial charge on any atom is 0.410 e. The number of halogens is 1. The number of carbonyl (C=O) groups excluding carboxylic acids is 2. The molecule has 0 radical (unpaired) electrons. The standard InChI is InChI=1S/C37H51ClN2O5S/c1-10-43-33(41)37(8,9)23-29-32(46-36(5,6)7)27-22-26(18-19-28(27)39-29)44-31(21-24-14-16-25(38)17-15-24)30-13-11-12-20-40(30)34(42)45-35(2,3)4/h14-19,22,30-31,39H,10-13,20-21,23H2,1-9H3. The molecule has 252 valence electrons. The molecule has 7 nitrogen and oxygen atoms in total. The molecule has 2 atom stereocenters. The first-order chi connectivity index (χ1) is 21.5. The Morgan fingerprint density at radius 1 is 1.02 bits per heavy atom. The van der Waals surface area contributed by atoms with Crippen molar-refractivity contribution in [3.63, 3.8) is 0 Å². The van der Waals surface area contributed by atoms with Crippen molar-refractivity contribution in [3.05, 3.63) is 58.7 Å². The predicted molar refractivity (Wildman–Crippen MR) is 188 cm³/mol. The van der Waals surface area contributed by atoms with Crippen LogP contribution < -0.4 is 4.74 Å². The fourth-order valence-electron chi connectivity index (χ4n) is 5.84. The molecule has 4 rings (SSSR count). The summed E-state index contributed by atoms with van der Waals surface area (Å²) in [5.74, 6) is 0.517. The van der Waals surface area contributed by atoms with Gasteiger partial charge in [0.15, 0.2) is 0 Å². The van der Waals surface area contributed by atoms with Crippen LogP contribution in [-0.2, 0) is 27.1 Å². The van der Waals surface area contributed by atoms with Gasteiger partial charge in [0, 0.05) is 50.6 Å². The molecule has 9 heteroatoms. The van der Waals surface area contributed by atoms with Crippen LogP contribution in [0, 0.1) is 5.41 Å². The fraction of sp³-hybridized carbons (Fsp3) is 0.568. The van der Waals surface area contributed by atoms with Crippen LogP contribution in [0.2, 0.25) is 5.02 Å². The lowest BCUT2D eigenvalue weighted by atomic mass is 9.88. The quantitative estimate of drug-likeness (QED) is 0.171. The number of benzene rings is 2. The molecular formula is C37H51ClN2O5S. The van der Waals surface area contributed by atoms with E-state index in [4.69, 9.17) is 25.8 Å². The Bertz CT molecular complexity index is 1500. The molecule has 1 aliphatic heterocycles. The number of hydrogen-bond acceptors (Lipinski definition) is 6. The number of piperidine rings is 1. The summed E-state index contributed by atoms with van der Waals surface area (Å²) < 4.78 is 18.1. The van der Waals surface area contributed by atoms with Crippen LogP contribution in [0.15, 0.2) is 47.4 Å². The number of fused-ring (bicyclic) bond motifs is 1. The molecule has 2 aromatic carbocycles. The highest BCUT2D eigenvalue weighted by atomic mass is 35.5. The van der Waals surface area contributed by atoms with Gasteiger partial charge in [0.1, 0.15) is 17.5 Å². The third-order valence-corrected chi connectivity index (χ3v) is 9.43. The Hall–Kier alpha value is -2.84. The number of carbonyl (C=O) groups is 2. The van der Waals surface area contributed by atoms with Crippen LogP contribution in [0.3, 0.4) is 0 Å². The Morgan fingerprint density at radius 2 is 1.72 bits per heavy atom. The lowest BCUT2D eigenvalue weighted by molar-refractivity contribution is -0.153. The van der Waals surface area contributed by atoms with E-state index in [1.807, 2.05) is 82.8 Å². The minimum absolute atomic E-state index is 0.0675. The molecule has 0 saturated carbocycles. The van der Waals surface area contributed by atoms with Gasteiger partial charge >= 0.3 is 12.1 Å². The van der Waals surface area contributed by atoms with Crippen molar-refractivity contribution in [3.8, 4) is 5.75 Å². The SMILES string of the molecule is CCOC(=O)C(C)(C)Cc1[nH]c2ccc(OC(Cc3ccc(Cl)cc3)C3CCCCN3C(=O)OC(C)(C)C)cc2c1SC(C)(C)C. The van der Waals surface area contributed by atoms with Crippen molar-refractivity contribution >= 4 is 46.3 Å². The minimum atomic E-state index is -0.695. The van der Waals surface area contributed by atoms with E-state index in [2.05, 4.69) is 31.8 Å². The van der Waals surface area contributed by atoms with Gasteiger partial charge in [-0.2, -0.15) is 0 Å². The summed E-state index contributed by atoms with van der Waals surface area (Å²) in [6.45, 7) is 18.9. The smallest absolute Gasteiger partial charge is 0.410 e. The highest BCUT2D eigenvalue weighted by Gasteiger charge is 2.37. The Morgan fingerprint density at radius 3 is 2.35 bits per heavy atom. The van der Waals surface area contributed by atoms with E-state index in [1.54, 1.807) is 11.8 Å². The van der Waals surface area contributed by atoms with Gasteiger partial charge < -0.3 is 24.1 Å². The Balaban J connectivity index is 1.73. The van der Waals surface area contributed by atoms with Crippen LogP contribution in [0.1, 0.15) is 92.8 Å². The molecule has 0 aliphatic carbocycles. The number of aromatic nitrogens is 1. The Kier molecular flexibility index (Phi) is 11.4. The van der Waals surface area contributed by atoms with Gasteiger partial charge in [0.25, 0.3) is 0 Å². The first-order valence-electron chi connectivity index (χ1n) is 16.4. The van der Waals surface area contributed by atoms with Gasteiger partial charge in [-0.15, -0.1) is 11.8 Å². The van der Waals surface area contributed by atoms with Crippen LogP contribution in [-0.4, -0.2) is 57.6 Å². The Labute approximate surface area is 284 Å². The maximum absolute atomic E-state index is 13.4. The molecule has 0 spiro atoms. The second-order valence-electron chi connectivity index (χ2n) is 14.9. The molecule has 2 heterocycles. The van der Waals surface area contributed by atoms with Crippen LogP contribution in [0.5, 0.6) is 5.75 Å². The average Bonchev–Trinajstić information content (AvgIpc) is 3.27. The molecule has 3 aromatic rings. The van der Waals surface area contributed by atoms with Crippen LogP contribution in [0.4, 0.5) is 4.79 Å². The van der Waals surface area contributed by atoms with Crippen LogP contribution in [0.25, 0.3) is 10.9 Å². The van der Waals surface area contributed by atoms with E-state index in [-0.39, 0.29) is 29.0 Å². The third-order valence-electron chi connectivity index (χ3n) is 7.89. The van der Waals surface area contributed by atoms with Gasteiger partial charge in [0.2, 0.25) is 0 Å². The predicted octanol–water partition coefficient (Wildman–Crippen LogP) is 9.62. The summed E-state index contributed by atoms with van der Waals surface area (Å²) in [7, 11) is 0. The summed E-state index contributed by atoms with van der Waals surface area (Å²) in [5.41, 5.74) is 1.78. The number of nitrogens with one attached hydrogen (secondary N) is 1. The molecular weight excluding hydrogens is 620 g/mol. The molecule has 1 N–H and O–H groups in total. The number of aromatic amines is 1. The summed E-state index contributed by atoms with van der Waals surface area (Å²) in [5, 5.41) is 1.72. The van der Waals surface area contributed by atoms with E-state index in [0.29, 0.717) is 31.0 Å². The first-order valence-corrected chi connectivity index (χ1v) is 17.6. The molecule has 1 fully saturated rings. The number of ether oxygens (including phenoxy) is 3. The molecule has 1 saturated heterocycles. The molecule has 1 amide bonds. The summed E-state index contributed by atoms with van der Waals surface area (Å²) >= 11 is 7.99. The van der Waals surface area contributed by atoms with E-state index in [9.17, 15) is 9.59 Å². The normalized spacial score (nSPS) is 16.7. The lowest BCUT2D eigenvalue weighted by Gasteiger charge is -2.40. The topological polar surface area (TPSA) is 80.9 Å². The highest BCUT2D eigenvalue weighted by molar-refractivity contribution is 8.00. The van der Waals surface area contributed by atoms with Crippen molar-refractivity contribution < 1.29 is 23.8 Å². The number of thioether (sulfide) groups is 1. The summed E-state index contributed by atoms with van der Waals surface area (Å²) in [4.78, 5) is 32.8. The number of nitrogens with zero attached hydrogens (tertiary/aromatic N) is 1. The van der Waals surface area contributed by atoms with E-state index < -0.39 is 11.0 Å². The fourth-order valence-corrected chi connectivity index (χ4v) is 7.10. The number of amides is 1. The summed E-state index contributed by atoms with van der Waals surface area (Å²) in [6, 6.07) is 13.8. The number of H-pyrrole nitrogens is 1. The van der Waals surface area contributed by atoms with Crippen molar-refractivity contribution in [1.82, 2.24) is 9.88 Å². The van der Waals surface area contributed by atoms with Crippen LogP contribution >= 0.6 is 23.4 Å². The monoisotopic (exact) mass is 670 g/mol. The van der Waals surface area contributed by atoms with Crippen molar-refractivity contribution in [1.29, 1.82) is 0 Å². The van der Waals surface area contributed by atoms with Crippen molar-refractivity contribution in [2.24, 2.45) is 5.41 Å². The molecule has 46 heavy (non-hydrogen) atoms. The third kappa shape index (κ3) is 9.60. The largest absolute Gasteiger partial charge is 0.488 e. The van der Waals surface area contributed by atoms with Gasteiger partial charge in [-0.3, -0.25) is 4.79 Å². The minimum Gasteiger partial charge on any atom is -0.488 e. The molecule has 0 bridgehead atoms. The van der Waals surface area contributed by atoms with E-state index in [0.717, 1.165) is 52.1 Å². The van der Waals surface area contributed by atoms with Gasteiger partial charge in [0.05, 0.1) is 18.1 Å².